The number of amides is 2. The highest BCUT2D eigenvalue weighted by Gasteiger charge is 2.26. The van der Waals surface area contributed by atoms with Gasteiger partial charge in [-0.25, -0.2) is 0 Å². The topological polar surface area (TPSA) is 84.7 Å². The molecule has 0 saturated heterocycles. The molecular weight excluding hydrogens is 366 g/mol. The number of ether oxygens (including phenoxy) is 1. The molecule has 0 saturated carbocycles. The smallest absolute Gasteiger partial charge is 0.252 e. The normalized spacial score (nSPS) is 12.9. The number of hydrogen-bond donors (Lipinski definition) is 2. The largest absolute Gasteiger partial charge is 0.497 e. The minimum absolute atomic E-state index is 0.0225. The monoisotopic (exact) mass is 397 g/mol. The van der Waals surface area contributed by atoms with E-state index in [1.807, 2.05) is 30.3 Å². The van der Waals surface area contributed by atoms with Crippen LogP contribution in [0.2, 0.25) is 0 Å². The molecule has 0 spiro atoms. The molecule has 6 heteroatoms. The predicted octanol–water partition coefficient (Wildman–Crippen LogP) is 3.00. The molecule has 2 atom stereocenters. The molecule has 29 heavy (non-hydrogen) atoms. The lowest BCUT2D eigenvalue weighted by Gasteiger charge is -2.26. The molecule has 2 amide bonds. The minimum atomic E-state index is -0.772. The van der Waals surface area contributed by atoms with Crippen LogP contribution in [0.4, 0.5) is 0 Å². The predicted molar refractivity (Wildman–Crippen MR) is 115 cm³/mol. The van der Waals surface area contributed by atoms with Crippen molar-refractivity contribution in [2.24, 2.45) is 11.7 Å². The highest BCUT2D eigenvalue weighted by molar-refractivity contribution is 5.97. The number of rotatable bonds is 9. The summed E-state index contributed by atoms with van der Waals surface area (Å²) in [4.78, 5) is 27.5. The highest BCUT2D eigenvalue weighted by atomic mass is 16.5. The van der Waals surface area contributed by atoms with Crippen LogP contribution in [0.15, 0.2) is 54.6 Å². The van der Waals surface area contributed by atoms with Crippen molar-refractivity contribution in [3.63, 3.8) is 0 Å². The van der Waals surface area contributed by atoms with Crippen molar-refractivity contribution in [1.29, 1.82) is 0 Å². The number of carbonyl (C=O) groups is 2. The van der Waals surface area contributed by atoms with Gasteiger partial charge in [0.2, 0.25) is 5.91 Å². The summed E-state index contributed by atoms with van der Waals surface area (Å²) in [7, 11) is 3.31. The van der Waals surface area contributed by atoms with Gasteiger partial charge in [0.25, 0.3) is 5.91 Å². The minimum Gasteiger partial charge on any atom is -0.497 e. The Hall–Kier alpha value is -2.86. The summed E-state index contributed by atoms with van der Waals surface area (Å²) in [5.74, 6) is 0.521. The van der Waals surface area contributed by atoms with Crippen LogP contribution in [0.1, 0.15) is 42.2 Å². The van der Waals surface area contributed by atoms with Gasteiger partial charge in [-0.05, 0) is 42.2 Å². The maximum Gasteiger partial charge on any atom is 0.252 e. The Morgan fingerprint density at radius 1 is 1.07 bits per heavy atom. The van der Waals surface area contributed by atoms with Crippen LogP contribution in [0.3, 0.4) is 0 Å². The van der Waals surface area contributed by atoms with E-state index in [1.165, 1.54) is 0 Å². The Kier molecular flexibility index (Phi) is 8.21. The quantitative estimate of drug-likeness (QED) is 0.681. The van der Waals surface area contributed by atoms with Crippen molar-refractivity contribution in [2.75, 3.05) is 20.7 Å². The van der Waals surface area contributed by atoms with E-state index in [4.69, 9.17) is 10.5 Å². The molecule has 2 aromatic rings. The number of nitrogens with two attached hydrogens (primary N) is 1. The molecule has 0 radical (unpaired) electrons. The lowest BCUT2D eigenvalue weighted by atomic mass is 10.0. The summed E-state index contributed by atoms with van der Waals surface area (Å²) < 4.78 is 5.13. The second-order valence-corrected chi connectivity index (χ2v) is 7.50. The number of nitrogens with zero attached hydrogens (tertiary/aromatic N) is 1. The van der Waals surface area contributed by atoms with E-state index in [1.54, 1.807) is 43.3 Å². The Labute approximate surface area is 173 Å². The van der Waals surface area contributed by atoms with E-state index in [9.17, 15) is 9.59 Å². The molecule has 6 nitrogen and oxygen atoms in total. The van der Waals surface area contributed by atoms with Gasteiger partial charge in [0, 0.05) is 25.2 Å². The number of carbonyl (C=O) groups excluding carboxylic acids is 2. The van der Waals surface area contributed by atoms with Gasteiger partial charge in [-0.3, -0.25) is 9.59 Å². The molecule has 156 valence electrons. The Morgan fingerprint density at radius 2 is 1.69 bits per heavy atom. The van der Waals surface area contributed by atoms with Crippen molar-refractivity contribution in [3.8, 4) is 5.75 Å². The van der Waals surface area contributed by atoms with E-state index < -0.39 is 6.04 Å². The molecule has 0 bridgehead atoms. The Bertz CT molecular complexity index is 791. The first-order chi connectivity index (χ1) is 13.8. The van der Waals surface area contributed by atoms with E-state index in [2.05, 4.69) is 19.2 Å². The molecule has 0 aliphatic rings. The Balaban J connectivity index is 2.16. The van der Waals surface area contributed by atoms with Gasteiger partial charge < -0.3 is 20.7 Å². The number of methoxy groups -OCH3 is 1. The van der Waals surface area contributed by atoms with Crippen molar-refractivity contribution in [3.05, 3.63) is 65.7 Å². The maximum atomic E-state index is 13.1. The van der Waals surface area contributed by atoms with Crippen molar-refractivity contribution >= 4 is 11.8 Å². The number of hydrogen-bond acceptors (Lipinski definition) is 4. The lowest BCUT2D eigenvalue weighted by molar-refractivity contribution is -0.132. The zero-order valence-corrected chi connectivity index (χ0v) is 17.6. The van der Waals surface area contributed by atoms with Gasteiger partial charge in [-0.1, -0.05) is 44.2 Å². The van der Waals surface area contributed by atoms with E-state index in [0.29, 0.717) is 30.2 Å². The fraction of sp³-hybridized carbons (Fsp3) is 0.391. The molecule has 0 aromatic heterocycles. The molecule has 0 aliphatic heterocycles. The fourth-order valence-electron chi connectivity index (χ4n) is 2.90. The fourth-order valence-corrected chi connectivity index (χ4v) is 2.90. The SMILES string of the molecule is COc1ccc(C(=O)NC(C(=O)N(C)CCC(N)C(C)C)c2ccccc2)cc1. The van der Waals surface area contributed by atoms with Crippen LogP contribution in [0.5, 0.6) is 5.75 Å². The van der Waals surface area contributed by atoms with Crippen LogP contribution >= 0.6 is 0 Å². The molecule has 2 unspecified atom stereocenters. The van der Waals surface area contributed by atoms with Gasteiger partial charge in [-0.15, -0.1) is 0 Å². The van der Waals surface area contributed by atoms with Crippen molar-refractivity contribution < 1.29 is 14.3 Å². The second kappa shape index (κ2) is 10.6. The number of nitrogens with one attached hydrogen (secondary N) is 1. The van der Waals surface area contributed by atoms with Crippen LogP contribution in [-0.4, -0.2) is 43.5 Å². The second-order valence-electron chi connectivity index (χ2n) is 7.50. The molecule has 0 aliphatic carbocycles. The summed E-state index contributed by atoms with van der Waals surface area (Å²) in [6, 6.07) is 15.3. The van der Waals surface area contributed by atoms with Crippen molar-refractivity contribution in [2.45, 2.75) is 32.4 Å². The summed E-state index contributed by atoms with van der Waals surface area (Å²) >= 11 is 0. The maximum absolute atomic E-state index is 13.1. The lowest BCUT2D eigenvalue weighted by Crippen LogP contribution is -2.43. The molecule has 0 heterocycles. The highest BCUT2D eigenvalue weighted by Crippen LogP contribution is 2.18. The van der Waals surface area contributed by atoms with Gasteiger partial charge in [-0.2, -0.15) is 0 Å². The third-order valence-electron chi connectivity index (χ3n) is 5.04. The molecule has 2 aromatic carbocycles. The first-order valence-electron chi connectivity index (χ1n) is 9.84. The van der Waals surface area contributed by atoms with E-state index >= 15 is 0 Å². The van der Waals surface area contributed by atoms with Gasteiger partial charge in [0.05, 0.1) is 7.11 Å². The van der Waals surface area contributed by atoms with Crippen LogP contribution in [0.25, 0.3) is 0 Å². The van der Waals surface area contributed by atoms with Crippen molar-refractivity contribution in [1.82, 2.24) is 10.2 Å². The van der Waals surface area contributed by atoms with Gasteiger partial charge >= 0.3 is 0 Å². The number of likely N-dealkylation sites (N-methyl/N-ethyl adjacent to an activating group) is 1. The zero-order valence-electron chi connectivity index (χ0n) is 17.6. The van der Waals surface area contributed by atoms with Crippen LogP contribution in [0, 0.1) is 5.92 Å². The molecular formula is C23H31N3O3. The average Bonchev–Trinajstić information content (AvgIpc) is 2.75. The first-order valence-corrected chi connectivity index (χ1v) is 9.84. The molecule has 3 N–H and O–H groups in total. The summed E-state index contributed by atoms with van der Waals surface area (Å²) in [6.07, 6.45) is 0.702. The third kappa shape index (κ3) is 6.32. The standard InChI is InChI=1S/C23H31N3O3/c1-16(2)20(24)14-15-26(3)23(28)21(17-8-6-5-7-9-17)25-22(27)18-10-12-19(29-4)13-11-18/h5-13,16,20-21H,14-15,24H2,1-4H3,(H,25,27). The van der Waals surface area contributed by atoms with Gasteiger partial charge in [0.1, 0.15) is 11.8 Å². The Morgan fingerprint density at radius 3 is 2.24 bits per heavy atom. The summed E-state index contributed by atoms with van der Waals surface area (Å²) in [6.45, 7) is 4.66. The zero-order chi connectivity index (χ0) is 21.4. The third-order valence-corrected chi connectivity index (χ3v) is 5.04. The van der Waals surface area contributed by atoms with Gasteiger partial charge in [0.15, 0.2) is 0 Å². The molecule has 0 fully saturated rings. The number of benzene rings is 2. The summed E-state index contributed by atoms with van der Waals surface area (Å²) in [5.41, 5.74) is 7.31. The van der Waals surface area contributed by atoms with E-state index in [0.717, 1.165) is 5.56 Å². The average molecular weight is 398 g/mol. The summed E-state index contributed by atoms with van der Waals surface area (Å²) in [5, 5.41) is 2.88. The molecule has 2 rings (SSSR count). The van der Waals surface area contributed by atoms with Crippen LogP contribution in [-0.2, 0) is 4.79 Å². The first kappa shape index (κ1) is 22.4. The van der Waals surface area contributed by atoms with Crippen LogP contribution < -0.4 is 15.8 Å². The van der Waals surface area contributed by atoms with E-state index in [-0.39, 0.29) is 17.9 Å².